The minimum atomic E-state index is -4.86. The van der Waals surface area contributed by atoms with Crippen molar-refractivity contribution in [2.75, 3.05) is 10.2 Å². The normalized spacial score (nSPS) is 16.6. The fourth-order valence-corrected chi connectivity index (χ4v) is 3.64. The topological polar surface area (TPSA) is 101 Å². The average Bonchev–Trinajstić information content (AvgIpc) is 3.12. The number of ether oxygens (including phenoxy) is 1. The number of benzene rings is 2. The Kier molecular flexibility index (Phi) is 6.41. The summed E-state index contributed by atoms with van der Waals surface area (Å²) in [4.78, 5) is 43.1. The Labute approximate surface area is 197 Å². The summed E-state index contributed by atoms with van der Waals surface area (Å²) >= 11 is 0. The maximum Gasteiger partial charge on any atom is 0.573 e. The smallest absolute Gasteiger partial charge is 0.406 e. The second-order valence-electron chi connectivity index (χ2n) is 7.73. The van der Waals surface area contributed by atoms with E-state index in [0.717, 1.165) is 17.0 Å². The van der Waals surface area contributed by atoms with Gasteiger partial charge < -0.3 is 15.4 Å². The molecule has 0 radical (unpaired) electrons. The van der Waals surface area contributed by atoms with Crippen LogP contribution in [0.5, 0.6) is 5.75 Å². The number of hydrogen-bond acceptors (Lipinski definition) is 5. The second kappa shape index (κ2) is 9.45. The van der Waals surface area contributed by atoms with Crippen LogP contribution in [0.25, 0.3) is 0 Å². The Bertz CT molecular complexity index is 1250. The summed E-state index contributed by atoms with van der Waals surface area (Å²) in [5.41, 5.74) is 1.41. The molecule has 4 rings (SSSR count). The molecule has 1 aromatic heterocycles. The lowest BCUT2D eigenvalue weighted by Crippen LogP contribution is -2.35. The molecule has 1 saturated heterocycles. The standard InChI is InChI=1S/C24H19F3N4O4/c1-14(15-11-12-28-19(13-15)21(32)29-16-5-3-2-4-6-16)20-22(33)31(23(34)30-20)17-7-9-18(10-8-17)35-24(25,26)27/h2-14,20H,1H3,(H,29,32)(H,30,34). The first-order valence-electron chi connectivity index (χ1n) is 10.4. The van der Waals surface area contributed by atoms with Crippen LogP contribution in [0, 0.1) is 0 Å². The molecule has 0 bridgehead atoms. The third-order valence-corrected chi connectivity index (χ3v) is 5.37. The van der Waals surface area contributed by atoms with E-state index in [0.29, 0.717) is 11.3 Å². The van der Waals surface area contributed by atoms with Gasteiger partial charge in [-0.25, -0.2) is 9.69 Å². The minimum absolute atomic E-state index is 0.0920. The van der Waals surface area contributed by atoms with Crippen LogP contribution < -0.4 is 20.3 Å². The number of alkyl halides is 3. The number of aromatic nitrogens is 1. The largest absolute Gasteiger partial charge is 0.573 e. The van der Waals surface area contributed by atoms with Crippen molar-refractivity contribution >= 4 is 29.2 Å². The van der Waals surface area contributed by atoms with Gasteiger partial charge in [0, 0.05) is 17.8 Å². The molecule has 1 aliphatic heterocycles. The van der Waals surface area contributed by atoms with Crippen molar-refractivity contribution in [3.63, 3.8) is 0 Å². The van der Waals surface area contributed by atoms with Crippen molar-refractivity contribution in [3.05, 3.63) is 84.2 Å². The van der Waals surface area contributed by atoms with Crippen molar-refractivity contribution in [2.24, 2.45) is 0 Å². The van der Waals surface area contributed by atoms with Crippen molar-refractivity contribution in [1.82, 2.24) is 10.3 Å². The van der Waals surface area contributed by atoms with Gasteiger partial charge in [0.1, 0.15) is 17.5 Å². The van der Waals surface area contributed by atoms with Gasteiger partial charge in [0.25, 0.3) is 11.8 Å². The number of pyridine rings is 1. The lowest BCUT2D eigenvalue weighted by atomic mass is 9.93. The van der Waals surface area contributed by atoms with Crippen molar-refractivity contribution in [2.45, 2.75) is 25.2 Å². The molecule has 0 aliphatic carbocycles. The number of para-hydroxylation sites is 1. The number of carbonyl (C=O) groups is 3. The van der Waals surface area contributed by atoms with Crippen LogP contribution in [-0.4, -0.2) is 35.2 Å². The van der Waals surface area contributed by atoms with Gasteiger partial charge in [-0.2, -0.15) is 0 Å². The third kappa shape index (κ3) is 5.40. The van der Waals surface area contributed by atoms with Crippen molar-refractivity contribution < 1.29 is 32.3 Å². The molecule has 0 saturated carbocycles. The van der Waals surface area contributed by atoms with Gasteiger partial charge in [0.2, 0.25) is 0 Å². The number of amides is 4. The van der Waals surface area contributed by atoms with Crippen molar-refractivity contribution in [3.8, 4) is 5.75 Å². The SMILES string of the molecule is CC(c1ccnc(C(=O)Nc2ccccc2)c1)C1NC(=O)N(c2ccc(OC(F)(F)F)cc2)C1=O. The number of nitrogens with zero attached hydrogens (tertiary/aromatic N) is 2. The molecule has 8 nitrogen and oxygen atoms in total. The first-order chi connectivity index (χ1) is 16.6. The van der Waals surface area contributed by atoms with E-state index in [2.05, 4.69) is 20.4 Å². The zero-order valence-electron chi connectivity index (χ0n) is 18.2. The van der Waals surface area contributed by atoms with Crippen LogP contribution in [0.1, 0.15) is 28.9 Å². The van der Waals surface area contributed by atoms with Crippen LogP contribution in [0.2, 0.25) is 0 Å². The van der Waals surface area contributed by atoms with Crippen LogP contribution in [-0.2, 0) is 4.79 Å². The average molecular weight is 484 g/mol. The molecule has 2 heterocycles. The monoisotopic (exact) mass is 484 g/mol. The van der Waals surface area contributed by atoms with E-state index >= 15 is 0 Å². The number of urea groups is 1. The number of nitrogens with one attached hydrogen (secondary N) is 2. The summed E-state index contributed by atoms with van der Waals surface area (Å²) in [7, 11) is 0. The molecule has 4 amide bonds. The van der Waals surface area contributed by atoms with Gasteiger partial charge >= 0.3 is 12.4 Å². The highest BCUT2D eigenvalue weighted by Crippen LogP contribution is 2.30. The molecule has 11 heteroatoms. The molecule has 180 valence electrons. The molecular weight excluding hydrogens is 465 g/mol. The third-order valence-electron chi connectivity index (χ3n) is 5.37. The molecule has 35 heavy (non-hydrogen) atoms. The fraction of sp³-hybridized carbons (Fsp3) is 0.167. The van der Waals surface area contributed by atoms with Crippen LogP contribution in [0.4, 0.5) is 29.3 Å². The molecule has 2 aromatic carbocycles. The summed E-state index contributed by atoms with van der Waals surface area (Å²) in [5.74, 6) is -2.03. The Balaban J connectivity index is 1.49. The van der Waals surface area contributed by atoms with Gasteiger partial charge in [0.05, 0.1) is 5.69 Å². The van der Waals surface area contributed by atoms with Gasteiger partial charge in [-0.05, 0) is 54.1 Å². The highest BCUT2D eigenvalue weighted by Gasteiger charge is 2.42. The number of halogens is 3. The van der Waals surface area contributed by atoms with E-state index in [-0.39, 0.29) is 11.4 Å². The number of hydrogen-bond donors (Lipinski definition) is 2. The Morgan fingerprint density at radius 2 is 1.77 bits per heavy atom. The summed E-state index contributed by atoms with van der Waals surface area (Å²) < 4.78 is 40.9. The number of rotatable bonds is 6. The maximum atomic E-state index is 13.0. The van der Waals surface area contributed by atoms with E-state index in [1.165, 1.54) is 24.4 Å². The molecule has 1 fully saturated rings. The summed E-state index contributed by atoms with van der Waals surface area (Å²) in [6.45, 7) is 1.71. The molecule has 2 atom stereocenters. The molecule has 2 unspecified atom stereocenters. The predicted molar refractivity (Wildman–Crippen MR) is 120 cm³/mol. The fourth-order valence-electron chi connectivity index (χ4n) is 3.64. The van der Waals surface area contributed by atoms with E-state index in [4.69, 9.17) is 0 Å². The van der Waals surface area contributed by atoms with Gasteiger partial charge in [-0.3, -0.25) is 14.6 Å². The summed E-state index contributed by atoms with van der Waals surface area (Å²) in [5, 5.41) is 5.33. The lowest BCUT2D eigenvalue weighted by Gasteiger charge is -2.19. The maximum absolute atomic E-state index is 13.0. The second-order valence-corrected chi connectivity index (χ2v) is 7.73. The predicted octanol–water partition coefficient (Wildman–Crippen LogP) is 4.46. The van der Waals surface area contributed by atoms with Gasteiger partial charge in [-0.15, -0.1) is 13.2 Å². The lowest BCUT2D eigenvalue weighted by molar-refractivity contribution is -0.274. The zero-order chi connectivity index (χ0) is 25.2. The molecule has 3 aromatic rings. The molecule has 2 N–H and O–H groups in total. The molecule has 0 spiro atoms. The minimum Gasteiger partial charge on any atom is -0.406 e. The first-order valence-corrected chi connectivity index (χ1v) is 10.4. The van der Waals surface area contributed by atoms with Gasteiger partial charge in [0.15, 0.2) is 0 Å². The number of imide groups is 1. The Morgan fingerprint density at radius 3 is 2.43 bits per heavy atom. The Morgan fingerprint density at radius 1 is 1.09 bits per heavy atom. The summed E-state index contributed by atoms with van der Waals surface area (Å²) in [6, 6.07) is 14.7. The van der Waals surface area contributed by atoms with E-state index in [1.54, 1.807) is 37.3 Å². The highest BCUT2D eigenvalue weighted by molar-refractivity contribution is 6.21. The summed E-state index contributed by atoms with van der Waals surface area (Å²) in [6.07, 6.45) is -3.42. The first kappa shape index (κ1) is 23.7. The van der Waals surface area contributed by atoms with Gasteiger partial charge in [-0.1, -0.05) is 25.1 Å². The van der Waals surface area contributed by atoms with Crippen molar-refractivity contribution in [1.29, 1.82) is 0 Å². The van der Waals surface area contributed by atoms with Crippen LogP contribution in [0.3, 0.4) is 0 Å². The highest BCUT2D eigenvalue weighted by atomic mass is 19.4. The van der Waals surface area contributed by atoms with Crippen LogP contribution in [0.15, 0.2) is 72.9 Å². The molecule has 1 aliphatic rings. The van der Waals surface area contributed by atoms with E-state index < -0.39 is 41.9 Å². The number of anilines is 2. The zero-order valence-corrected chi connectivity index (χ0v) is 18.2. The quantitative estimate of drug-likeness (QED) is 0.503. The van der Waals surface area contributed by atoms with E-state index in [1.807, 2.05) is 6.07 Å². The molecular formula is C24H19F3N4O4. The van der Waals surface area contributed by atoms with E-state index in [9.17, 15) is 27.6 Å². The Hall–Kier alpha value is -4.41. The number of carbonyl (C=O) groups excluding carboxylic acids is 3. The van der Waals surface area contributed by atoms with Crippen LogP contribution >= 0.6 is 0 Å².